The highest BCUT2D eigenvalue weighted by molar-refractivity contribution is 6.13. The van der Waals surface area contributed by atoms with Crippen molar-refractivity contribution >= 4 is 11.5 Å². The lowest BCUT2D eigenvalue weighted by Crippen LogP contribution is -2.23. The first kappa shape index (κ1) is 24.7. The van der Waals surface area contributed by atoms with Crippen molar-refractivity contribution in [3.8, 4) is 5.75 Å². The van der Waals surface area contributed by atoms with E-state index in [2.05, 4.69) is 15.6 Å². The molecular weight excluding hydrogens is 443 g/mol. The fraction of sp³-hybridized carbons (Fsp3) is 0.407. The average molecular weight is 479 g/mol. The molecule has 0 saturated heterocycles. The fourth-order valence-electron chi connectivity index (χ4n) is 4.42. The van der Waals surface area contributed by atoms with E-state index in [1.807, 2.05) is 33.2 Å². The number of hydrogen-bond acceptors (Lipinski definition) is 7. The number of nitrogens with zero attached hydrogens (tertiary/aromatic N) is 2. The zero-order valence-corrected chi connectivity index (χ0v) is 20.9. The van der Waals surface area contributed by atoms with E-state index in [1.54, 1.807) is 19.3 Å². The molecule has 1 unspecified atom stereocenters. The predicted molar refractivity (Wildman–Crippen MR) is 139 cm³/mol. The van der Waals surface area contributed by atoms with Gasteiger partial charge >= 0.3 is 0 Å². The Bertz CT molecular complexity index is 1180. The lowest BCUT2D eigenvalue weighted by Gasteiger charge is -2.27. The zero-order valence-electron chi connectivity index (χ0n) is 20.9. The van der Waals surface area contributed by atoms with Gasteiger partial charge in [-0.2, -0.15) is 0 Å². The standard InChI is InChI=1S/C27H35FN6O/c1-15(29)22-9-18(13-31-3)25(30)21-8-7-20(28)11-23(21)16(2)35-24-10-19(14-34-27(24)32-4)26(22)33-12-17-5-6-17/h7-8,10-11,13-14,16-17,25,31H,5-6,9,12,29-30H2,1-4H3,(H,32,34)/b18-13-,22-15-,33-26?/t16-,25?/m1/s1. The number of aliphatic imine (C=N–C) groups is 1. The molecule has 2 bridgehead atoms. The molecule has 0 spiro atoms. The summed E-state index contributed by atoms with van der Waals surface area (Å²) in [5.74, 6) is 1.42. The Morgan fingerprint density at radius 1 is 1.26 bits per heavy atom. The number of ether oxygens (including phenoxy) is 1. The number of pyridine rings is 1. The molecule has 2 aromatic rings. The number of rotatable bonds is 4. The van der Waals surface area contributed by atoms with Crippen LogP contribution in [0.3, 0.4) is 0 Å². The van der Waals surface area contributed by atoms with Gasteiger partial charge < -0.3 is 26.8 Å². The number of allylic oxidation sites excluding steroid dienone is 2. The van der Waals surface area contributed by atoms with Crippen LogP contribution in [0.4, 0.5) is 10.2 Å². The van der Waals surface area contributed by atoms with Gasteiger partial charge in [-0.25, -0.2) is 9.37 Å². The van der Waals surface area contributed by atoms with Gasteiger partial charge in [0.1, 0.15) is 11.9 Å². The number of benzene rings is 1. The molecule has 0 amide bonds. The molecule has 2 aliphatic rings. The minimum atomic E-state index is -0.497. The first-order chi connectivity index (χ1) is 16.8. The Morgan fingerprint density at radius 2 is 2.03 bits per heavy atom. The van der Waals surface area contributed by atoms with Crippen molar-refractivity contribution in [3.63, 3.8) is 0 Å². The second-order valence-corrected chi connectivity index (χ2v) is 9.31. The Balaban J connectivity index is 1.95. The Morgan fingerprint density at radius 3 is 2.69 bits per heavy atom. The smallest absolute Gasteiger partial charge is 0.168 e. The highest BCUT2D eigenvalue weighted by Crippen LogP contribution is 2.37. The number of fused-ring (bicyclic) bond motifs is 3. The maximum atomic E-state index is 14.3. The maximum absolute atomic E-state index is 14.3. The lowest BCUT2D eigenvalue weighted by molar-refractivity contribution is 0.225. The molecule has 1 aromatic heterocycles. The summed E-state index contributed by atoms with van der Waals surface area (Å²) in [5, 5.41) is 6.21. The van der Waals surface area contributed by atoms with Gasteiger partial charge in [0.15, 0.2) is 11.6 Å². The van der Waals surface area contributed by atoms with E-state index in [4.69, 9.17) is 21.2 Å². The summed E-state index contributed by atoms with van der Waals surface area (Å²) in [6.07, 6.45) is 6.10. The van der Waals surface area contributed by atoms with Crippen LogP contribution >= 0.6 is 0 Å². The second-order valence-electron chi connectivity index (χ2n) is 9.31. The summed E-state index contributed by atoms with van der Waals surface area (Å²) in [4.78, 5) is 9.63. The van der Waals surface area contributed by atoms with E-state index in [0.29, 0.717) is 35.2 Å². The lowest BCUT2D eigenvalue weighted by atomic mass is 9.87. The molecule has 7 nitrogen and oxygen atoms in total. The van der Waals surface area contributed by atoms with Gasteiger partial charge in [-0.1, -0.05) is 6.07 Å². The third-order valence-electron chi connectivity index (χ3n) is 6.57. The van der Waals surface area contributed by atoms with Gasteiger partial charge in [-0.3, -0.25) is 4.99 Å². The van der Waals surface area contributed by atoms with Gasteiger partial charge in [-0.05, 0) is 68.1 Å². The molecule has 8 heteroatoms. The highest BCUT2D eigenvalue weighted by Gasteiger charge is 2.27. The third kappa shape index (κ3) is 5.48. The van der Waals surface area contributed by atoms with E-state index in [-0.39, 0.29) is 5.82 Å². The molecule has 6 N–H and O–H groups in total. The monoisotopic (exact) mass is 478 g/mol. The molecule has 35 heavy (non-hydrogen) atoms. The number of hydrogen-bond donors (Lipinski definition) is 4. The first-order valence-electron chi connectivity index (χ1n) is 12.1. The minimum Gasteiger partial charge on any atom is -0.482 e. The molecule has 1 aromatic carbocycles. The fourth-order valence-corrected chi connectivity index (χ4v) is 4.42. The Hall–Kier alpha value is -3.39. The quantitative estimate of drug-likeness (QED) is 0.520. The van der Waals surface area contributed by atoms with Crippen LogP contribution < -0.4 is 26.8 Å². The van der Waals surface area contributed by atoms with Crippen molar-refractivity contribution in [2.45, 2.75) is 45.3 Å². The highest BCUT2D eigenvalue weighted by atomic mass is 19.1. The SMILES string of the molecule is CN/C=C1/C/C(=C(\C)N)C(=NCC2CC2)c2cnc(NC)c(c2)O[C@H](C)c2cc(F)ccc2C1N. The van der Waals surface area contributed by atoms with Crippen LogP contribution in [0.5, 0.6) is 5.75 Å². The largest absolute Gasteiger partial charge is 0.482 e. The molecule has 2 heterocycles. The van der Waals surface area contributed by atoms with Gasteiger partial charge in [0.2, 0.25) is 0 Å². The van der Waals surface area contributed by atoms with Crippen molar-refractivity contribution in [2.24, 2.45) is 22.4 Å². The van der Waals surface area contributed by atoms with Crippen LogP contribution in [0.15, 0.2) is 58.5 Å². The van der Waals surface area contributed by atoms with E-state index >= 15 is 0 Å². The van der Waals surface area contributed by atoms with Crippen LogP contribution in [0.25, 0.3) is 0 Å². The van der Waals surface area contributed by atoms with E-state index in [1.165, 1.54) is 25.0 Å². The Kier molecular flexibility index (Phi) is 7.40. The third-order valence-corrected chi connectivity index (χ3v) is 6.57. The van der Waals surface area contributed by atoms with E-state index in [9.17, 15) is 4.39 Å². The number of aromatic nitrogens is 1. The van der Waals surface area contributed by atoms with Gasteiger partial charge in [0.05, 0.1) is 11.8 Å². The van der Waals surface area contributed by atoms with E-state index in [0.717, 1.165) is 34.5 Å². The van der Waals surface area contributed by atoms with Gasteiger partial charge in [0, 0.05) is 55.7 Å². The van der Waals surface area contributed by atoms with Gasteiger partial charge in [0.25, 0.3) is 0 Å². The van der Waals surface area contributed by atoms with Crippen LogP contribution in [-0.2, 0) is 0 Å². The summed E-state index contributed by atoms with van der Waals surface area (Å²) >= 11 is 0. The van der Waals surface area contributed by atoms with Crippen molar-refractivity contribution in [3.05, 3.63) is 76.0 Å². The van der Waals surface area contributed by atoms with Crippen LogP contribution in [0.1, 0.15) is 61.9 Å². The summed E-state index contributed by atoms with van der Waals surface area (Å²) < 4.78 is 20.7. The second kappa shape index (κ2) is 10.5. The van der Waals surface area contributed by atoms with Crippen molar-refractivity contribution in [1.29, 1.82) is 0 Å². The maximum Gasteiger partial charge on any atom is 0.168 e. The molecule has 4 rings (SSSR count). The summed E-state index contributed by atoms with van der Waals surface area (Å²) in [7, 11) is 3.62. The van der Waals surface area contributed by atoms with Crippen LogP contribution in [-0.4, -0.2) is 31.3 Å². The summed E-state index contributed by atoms with van der Waals surface area (Å²) in [5.41, 5.74) is 18.9. The Labute approximate surface area is 206 Å². The minimum absolute atomic E-state index is 0.341. The first-order valence-corrected chi connectivity index (χ1v) is 12.1. The molecule has 186 valence electrons. The predicted octanol–water partition coefficient (Wildman–Crippen LogP) is 4.34. The van der Waals surface area contributed by atoms with Crippen LogP contribution in [0, 0.1) is 11.7 Å². The van der Waals surface area contributed by atoms with E-state index < -0.39 is 12.1 Å². The molecule has 1 aliphatic heterocycles. The van der Waals surface area contributed by atoms with Crippen molar-refractivity contribution in [2.75, 3.05) is 26.0 Å². The number of nitrogens with two attached hydrogens (primary N) is 2. The molecule has 2 atom stereocenters. The van der Waals surface area contributed by atoms with Gasteiger partial charge in [-0.15, -0.1) is 0 Å². The number of halogens is 1. The molecule has 1 aliphatic carbocycles. The summed E-state index contributed by atoms with van der Waals surface area (Å²) in [6, 6.07) is 6.10. The van der Waals surface area contributed by atoms with Crippen molar-refractivity contribution < 1.29 is 9.13 Å². The molecular formula is C27H35FN6O. The molecule has 1 fully saturated rings. The molecule has 0 radical (unpaired) electrons. The normalized spacial score (nSPS) is 24.2. The average Bonchev–Trinajstić information content (AvgIpc) is 3.66. The number of anilines is 1. The summed E-state index contributed by atoms with van der Waals surface area (Å²) in [6.45, 7) is 4.52. The topological polar surface area (TPSA) is 111 Å². The van der Waals surface area contributed by atoms with Crippen LogP contribution in [0.2, 0.25) is 0 Å². The zero-order chi connectivity index (χ0) is 25.1. The van der Waals surface area contributed by atoms with Crippen molar-refractivity contribution in [1.82, 2.24) is 10.3 Å². The number of nitrogens with one attached hydrogen (secondary N) is 2. The molecule has 1 saturated carbocycles.